The molecule has 0 aromatic heterocycles. The van der Waals surface area contributed by atoms with E-state index in [1.165, 1.54) is 36.4 Å². The summed E-state index contributed by atoms with van der Waals surface area (Å²) < 4.78 is 26.6. The van der Waals surface area contributed by atoms with Crippen LogP contribution in [0, 0.1) is 16.7 Å². The summed E-state index contributed by atoms with van der Waals surface area (Å²) in [4.78, 5) is 0.109. The molecule has 0 saturated heterocycles. The molecule has 2 rings (SSSR count). The van der Waals surface area contributed by atoms with E-state index in [9.17, 15) is 8.42 Å². The summed E-state index contributed by atoms with van der Waals surface area (Å²) in [5.74, 6) is 0. The van der Waals surface area contributed by atoms with Crippen molar-refractivity contribution < 1.29 is 8.42 Å². The van der Waals surface area contributed by atoms with Crippen LogP contribution in [0.2, 0.25) is 0 Å². The molecule has 0 aliphatic heterocycles. The summed E-state index contributed by atoms with van der Waals surface area (Å²) in [6.07, 6.45) is 1.64. The summed E-state index contributed by atoms with van der Waals surface area (Å²) in [5.41, 5.74) is 0.749. The number of hydrogen-bond donors (Lipinski definition) is 1. The van der Waals surface area contributed by atoms with Gasteiger partial charge < -0.3 is 0 Å². The zero-order valence-electron chi connectivity index (χ0n) is 11.7. The van der Waals surface area contributed by atoms with E-state index in [4.69, 9.17) is 10.7 Å². The lowest BCUT2D eigenvalue weighted by molar-refractivity contribution is 0.597. The van der Waals surface area contributed by atoms with Crippen LogP contribution in [0.3, 0.4) is 0 Å². The first-order valence-corrected chi connectivity index (χ1v) is 8.90. The molecular formula is C15H13N3O2S2. The third-order valence-electron chi connectivity index (χ3n) is 2.89. The topological polar surface area (TPSA) is 85.0 Å². The van der Waals surface area contributed by atoms with Gasteiger partial charge in [-0.1, -0.05) is 30.0 Å². The van der Waals surface area contributed by atoms with E-state index in [0.717, 1.165) is 16.1 Å². The summed E-state index contributed by atoms with van der Waals surface area (Å²) in [5, 5.41) is 16.7. The van der Waals surface area contributed by atoms with Crippen molar-refractivity contribution in [3.05, 3.63) is 60.2 Å². The number of benzene rings is 2. The molecule has 1 N–H and O–H groups in total. The molecule has 2 aromatic rings. The Kier molecular flexibility index (Phi) is 4.85. The highest BCUT2D eigenvalue weighted by molar-refractivity contribution is 8.15. The fourth-order valence-electron chi connectivity index (χ4n) is 1.82. The Morgan fingerprint density at radius 2 is 1.73 bits per heavy atom. The van der Waals surface area contributed by atoms with Gasteiger partial charge in [0.25, 0.3) is 10.0 Å². The van der Waals surface area contributed by atoms with Gasteiger partial charge in [0.2, 0.25) is 0 Å². The van der Waals surface area contributed by atoms with E-state index in [1.54, 1.807) is 24.5 Å². The number of thioether (sulfide) groups is 1. The minimum absolute atomic E-state index is 0.109. The second-order valence-electron chi connectivity index (χ2n) is 4.25. The van der Waals surface area contributed by atoms with Crippen LogP contribution >= 0.6 is 11.8 Å². The van der Waals surface area contributed by atoms with Crippen molar-refractivity contribution in [1.82, 2.24) is 0 Å². The van der Waals surface area contributed by atoms with Gasteiger partial charge in [0.15, 0.2) is 5.17 Å². The molecule has 0 aliphatic carbocycles. The quantitative estimate of drug-likeness (QED) is 0.692. The van der Waals surface area contributed by atoms with E-state index in [-0.39, 0.29) is 10.1 Å². The minimum Gasteiger partial charge on any atom is -0.278 e. The van der Waals surface area contributed by atoms with Gasteiger partial charge in [-0.2, -0.15) is 5.26 Å². The highest BCUT2D eigenvalue weighted by Gasteiger charge is 2.28. The van der Waals surface area contributed by atoms with Crippen molar-refractivity contribution in [2.24, 2.45) is 0 Å². The average molecular weight is 331 g/mol. The van der Waals surface area contributed by atoms with Crippen LogP contribution in [0.5, 0.6) is 0 Å². The van der Waals surface area contributed by atoms with Crippen LogP contribution in [0.4, 0.5) is 5.69 Å². The SMILES string of the molecule is CSC(=N)N(c1ccc(C#N)cc1)S(=O)(=O)c1ccccc1. The smallest absolute Gasteiger partial charge is 0.270 e. The molecule has 0 heterocycles. The Balaban J connectivity index is 2.56. The summed E-state index contributed by atoms with van der Waals surface area (Å²) >= 11 is 1.02. The molecule has 0 unspecified atom stereocenters. The second kappa shape index (κ2) is 6.64. The van der Waals surface area contributed by atoms with Crippen molar-refractivity contribution in [1.29, 1.82) is 10.7 Å². The largest absolute Gasteiger partial charge is 0.278 e. The monoisotopic (exact) mass is 331 g/mol. The number of nitrogens with one attached hydrogen (secondary N) is 1. The van der Waals surface area contributed by atoms with Crippen molar-refractivity contribution in [3.63, 3.8) is 0 Å². The van der Waals surface area contributed by atoms with E-state index >= 15 is 0 Å². The Bertz CT molecular complexity index is 810. The lowest BCUT2D eigenvalue weighted by Crippen LogP contribution is -2.34. The molecule has 0 spiro atoms. The third kappa shape index (κ3) is 3.13. The van der Waals surface area contributed by atoms with Gasteiger partial charge in [0.05, 0.1) is 22.2 Å². The Hall–Kier alpha value is -2.30. The molecule has 0 saturated carbocycles. The zero-order chi connectivity index (χ0) is 16.2. The van der Waals surface area contributed by atoms with Crippen LogP contribution < -0.4 is 4.31 Å². The Labute approximate surface area is 133 Å². The van der Waals surface area contributed by atoms with Crippen LogP contribution in [0.1, 0.15) is 5.56 Å². The second-order valence-corrected chi connectivity index (χ2v) is 6.83. The van der Waals surface area contributed by atoms with Crippen molar-refractivity contribution >= 4 is 32.6 Å². The Morgan fingerprint density at radius 3 is 2.23 bits per heavy atom. The fraction of sp³-hybridized carbons (Fsp3) is 0.0667. The molecule has 7 heteroatoms. The minimum atomic E-state index is -3.88. The standard InChI is InChI=1S/C15H13N3O2S2/c1-21-15(17)18(13-9-7-12(11-16)8-10-13)22(19,20)14-5-3-2-4-6-14/h2-10,17H,1H3. The van der Waals surface area contributed by atoms with Crippen molar-refractivity contribution in [2.75, 3.05) is 10.6 Å². The maximum atomic E-state index is 12.8. The molecule has 5 nitrogen and oxygen atoms in total. The van der Waals surface area contributed by atoms with E-state index in [2.05, 4.69) is 0 Å². The van der Waals surface area contributed by atoms with Gasteiger partial charge in [-0.25, -0.2) is 12.7 Å². The number of hydrogen-bond acceptors (Lipinski definition) is 5. The molecule has 0 amide bonds. The van der Waals surface area contributed by atoms with Crippen molar-refractivity contribution in [3.8, 4) is 6.07 Å². The van der Waals surface area contributed by atoms with Gasteiger partial charge in [-0.05, 0) is 42.7 Å². The van der Waals surface area contributed by atoms with Crippen LogP contribution in [0.25, 0.3) is 0 Å². The van der Waals surface area contributed by atoms with E-state index in [0.29, 0.717) is 11.3 Å². The van der Waals surface area contributed by atoms with Crippen LogP contribution in [0.15, 0.2) is 59.5 Å². The average Bonchev–Trinajstić information content (AvgIpc) is 2.56. The van der Waals surface area contributed by atoms with E-state index in [1.807, 2.05) is 6.07 Å². The van der Waals surface area contributed by atoms with Crippen LogP contribution in [-0.4, -0.2) is 19.8 Å². The molecule has 2 aromatic carbocycles. The molecule has 0 bridgehead atoms. The highest BCUT2D eigenvalue weighted by atomic mass is 32.2. The number of sulfonamides is 1. The van der Waals surface area contributed by atoms with Crippen molar-refractivity contribution in [2.45, 2.75) is 4.90 Å². The number of nitrogens with zero attached hydrogens (tertiary/aromatic N) is 2. The number of nitriles is 1. The molecule has 22 heavy (non-hydrogen) atoms. The van der Waals surface area contributed by atoms with Gasteiger partial charge in [-0.3, -0.25) is 5.41 Å². The fourth-order valence-corrected chi connectivity index (χ4v) is 3.94. The van der Waals surface area contributed by atoms with Gasteiger partial charge in [0.1, 0.15) is 0 Å². The number of rotatable bonds is 3. The lowest BCUT2D eigenvalue weighted by atomic mass is 10.2. The first-order valence-electron chi connectivity index (χ1n) is 6.24. The first kappa shape index (κ1) is 16.1. The van der Waals surface area contributed by atoms with Gasteiger partial charge in [-0.15, -0.1) is 0 Å². The predicted octanol–water partition coefficient (Wildman–Crippen LogP) is 3.05. The third-order valence-corrected chi connectivity index (χ3v) is 5.32. The Morgan fingerprint density at radius 1 is 1.14 bits per heavy atom. The lowest BCUT2D eigenvalue weighted by Gasteiger charge is -2.23. The molecule has 0 aliphatic rings. The van der Waals surface area contributed by atoms with Gasteiger partial charge >= 0.3 is 0 Å². The molecule has 0 radical (unpaired) electrons. The van der Waals surface area contributed by atoms with E-state index < -0.39 is 10.0 Å². The molecular weight excluding hydrogens is 318 g/mol. The normalized spacial score (nSPS) is 10.7. The summed E-state index contributed by atoms with van der Waals surface area (Å²) in [6.45, 7) is 0. The predicted molar refractivity (Wildman–Crippen MR) is 88.5 cm³/mol. The number of anilines is 1. The van der Waals surface area contributed by atoms with Gasteiger partial charge in [0, 0.05) is 0 Å². The molecule has 0 fully saturated rings. The highest BCUT2D eigenvalue weighted by Crippen LogP contribution is 2.26. The molecule has 0 atom stereocenters. The first-order chi connectivity index (χ1) is 10.5. The maximum Gasteiger partial charge on any atom is 0.270 e. The maximum absolute atomic E-state index is 12.8. The summed E-state index contributed by atoms with van der Waals surface area (Å²) in [6, 6.07) is 16.0. The molecule has 112 valence electrons. The zero-order valence-corrected chi connectivity index (χ0v) is 13.4. The number of amidine groups is 1. The van der Waals surface area contributed by atoms with Crippen LogP contribution in [-0.2, 0) is 10.0 Å². The summed E-state index contributed by atoms with van der Waals surface area (Å²) in [7, 11) is -3.88.